The number of nitriles is 1. The summed E-state index contributed by atoms with van der Waals surface area (Å²) in [5.74, 6) is 0.245. The number of anilines is 2. The number of hydrogen-bond acceptors (Lipinski definition) is 5. The lowest BCUT2D eigenvalue weighted by Crippen LogP contribution is -2.26. The molecule has 1 heterocycles. The van der Waals surface area contributed by atoms with E-state index in [0.29, 0.717) is 28.6 Å². The van der Waals surface area contributed by atoms with E-state index in [0.717, 1.165) is 35.3 Å². The minimum atomic E-state index is -0.332. The van der Waals surface area contributed by atoms with E-state index in [4.69, 9.17) is 0 Å². The summed E-state index contributed by atoms with van der Waals surface area (Å²) in [6, 6.07) is 19.5. The molecule has 1 aliphatic carbocycles. The van der Waals surface area contributed by atoms with Gasteiger partial charge in [-0.1, -0.05) is 64.1 Å². The normalized spacial score (nSPS) is 15.8. The summed E-state index contributed by atoms with van der Waals surface area (Å²) in [6.07, 6.45) is 6.82. The highest BCUT2D eigenvalue weighted by Crippen LogP contribution is 2.44. The van der Waals surface area contributed by atoms with Crippen molar-refractivity contribution in [2.24, 2.45) is 11.3 Å². The van der Waals surface area contributed by atoms with Crippen LogP contribution >= 0.6 is 23.1 Å². The van der Waals surface area contributed by atoms with Gasteiger partial charge >= 0.3 is 0 Å². The lowest BCUT2D eigenvalue weighted by atomic mass is 9.72. The molecule has 4 rings (SSSR count). The summed E-state index contributed by atoms with van der Waals surface area (Å²) in [5, 5.41) is 16.2. The lowest BCUT2D eigenvalue weighted by Gasteiger charge is -2.33. The predicted molar refractivity (Wildman–Crippen MR) is 163 cm³/mol. The van der Waals surface area contributed by atoms with Crippen molar-refractivity contribution in [3.8, 4) is 6.07 Å². The van der Waals surface area contributed by atoms with Crippen LogP contribution in [-0.4, -0.2) is 17.1 Å². The number of benzene rings is 2. The molecule has 2 aromatic carbocycles. The van der Waals surface area contributed by atoms with E-state index in [-0.39, 0.29) is 22.5 Å². The molecule has 202 valence electrons. The second kappa shape index (κ2) is 12.7. The lowest BCUT2D eigenvalue weighted by molar-refractivity contribution is -0.115. The van der Waals surface area contributed by atoms with Crippen LogP contribution in [0.1, 0.15) is 62.1 Å². The second-order valence-electron chi connectivity index (χ2n) is 10.9. The Hall–Kier alpha value is -3.34. The zero-order valence-corrected chi connectivity index (χ0v) is 24.5. The maximum atomic E-state index is 13.3. The van der Waals surface area contributed by atoms with Gasteiger partial charge in [0.15, 0.2) is 0 Å². The number of fused-ring (bicyclic) bond motifs is 1. The van der Waals surface area contributed by atoms with E-state index in [1.54, 1.807) is 17.4 Å². The summed E-state index contributed by atoms with van der Waals surface area (Å²) < 4.78 is 0. The fourth-order valence-corrected chi connectivity index (χ4v) is 7.07. The van der Waals surface area contributed by atoms with Gasteiger partial charge in [0.25, 0.3) is 0 Å². The van der Waals surface area contributed by atoms with Crippen molar-refractivity contribution < 1.29 is 9.59 Å². The number of thiophene rings is 1. The Morgan fingerprint density at radius 2 is 1.92 bits per heavy atom. The quantitative estimate of drug-likeness (QED) is 0.218. The van der Waals surface area contributed by atoms with Crippen LogP contribution in [0.3, 0.4) is 0 Å². The van der Waals surface area contributed by atoms with Crippen LogP contribution in [-0.2, 0) is 22.4 Å². The van der Waals surface area contributed by atoms with Gasteiger partial charge in [-0.3, -0.25) is 9.59 Å². The van der Waals surface area contributed by atoms with E-state index in [1.165, 1.54) is 22.7 Å². The first-order chi connectivity index (χ1) is 18.7. The Morgan fingerprint density at radius 3 is 2.62 bits per heavy atom. The molecule has 2 amide bonds. The molecule has 1 aromatic heterocycles. The second-order valence-corrected chi connectivity index (χ2v) is 13.3. The molecule has 0 spiro atoms. The Morgan fingerprint density at radius 1 is 1.15 bits per heavy atom. The number of rotatable bonds is 8. The molecule has 0 saturated carbocycles. The summed E-state index contributed by atoms with van der Waals surface area (Å²) in [5.41, 5.74) is 3.58. The Bertz CT molecular complexity index is 1400. The minimum absolute atomic E-state index is 0.106. The Balaban J connectivity index is 1.41. The minimum Gasteiger partial charge on any atom is -0.322 e. The van der Waals surface area contributed by atoms with Crippen molar-refractivity contribution in [1.29, 1.82) is 5.26 Å². The molecule has 2 atom stereocenters. The SMILES string of the molecule is CCC(Sc1cccc(NC(=O)/C=C/c2ccccc2)c1)C(=O)Nc1sc2c(c1C#N)CCC(C(C)(C)C)C2. The van der Waals surface area contributed by atoms with Crippen molar-refractivity contribution >= 4 is 51.7 Å². The molecule has 2 unspecified atom stereocenters. The van der Waals surface area contributed by atoms with Crippen molar-refractivity contribution in [3.05, 3.63) is 82.2 Å². The number of amides is 2. The fourth-order valence-electron chi connectivity index (χ4n) is 4.78. The van der Waals surface area contributed by atoms with Crippen molar-refractivity contribution in [2.75, 3.05) is 10.6 Å². The molecule has 5 nitrogen and oxygen atoms in total. The highest BCUT2D eigenvalue weighted by molar-refractivity contribution is 8.00. The highest BCUT2D eigenvalue weighted by atomic mass is 32.2. The van der Waals surface area contributed by atoms with Crippen molar-refractivity contribution in [1.82, 2.24) is 0 Å². The van der Waals surface area contributed by atoms with Gasteiger partial charge in [-0.05, 0) is 72.4 Å². The third-order valence-electron chi connectivity index (χ3n) is 7.11. The molecule has 39 heavy (non-hydrogen) atoms. The third-order valence-corrected chi connectivity index (χ3v) is 9.64. The van der Waals surface area contributed by atoms with Crippen LogP contribution in [0, 0.1) is 22.7 Å². The summed E-state index contributed by atoms with van der Waals surface area (Å²) in [4.78, 5) is 27.9. The van der Waals surface area contributed by atoms with Gasteiger partial charge in [-0.2, -0.15) is 5.26 Å². The molecular formula is C32H35N3O2S2. The van der Waals surface area contributed by atoms with E-state index in [9.17, 15) is 14.9 Å². The van der Waals surface area contributed by atoms with E-state index >= 15 is 0 Å². The molecule has 0 bridgehead atoms. The number of carbonyl (C=O) groups is 2. The van der Waals surface area contributed by atoms with Crippen LogP contribution in [0.4, 0.5) is 10.7 Å². The fraction of sp³-hybridized carbons (Fsp3) is 0.344. The first kappa shape index (κ1) is 28.7. The largest absolute Gasteiger partial charge is 0.322 e. The number of hydrogen-bond donors (Lipinski definition) is 2. The molecule has 0 fully saturated rings. The van der Waals surface area contributed by atoms with E-state index in [2.05, 4.69) is 37.5 Å². The average Bonchev–Trinajstić information content (AvgIpc) is 3.27. The van der Waals surface area contributed by atoms with Crippen LogP contribution in [0.25, 0.3) is 6.08 Å². The smallest absolute Gasteiger partial charge is 0.248 e. The molecule has 3 aromatic rings. The Labute approximate surface area is 239 Å². The summed E-state index contributed by atoms with van der Waals surface area (Å²) in [6.45, 7) is 8.80. The first-order valence-electron chi connectivity index (χ1n) is 13.3. The van der Waals surface area contributed by atoms with Crippen LogP contribution in [0.15, 0.2) is 65.6 Å². The molecule has 0 aliphatic heterocycles. The van der Waals surface area contributed by atoms with Crippen molar-refractivity contribution in [3.63, 3.8) is 0 Å². The Kier molecular flexibility index (Phi) is 9.32. The number of nitrogens with zero attached hydrogens (tertiary/aromatic N) is 1. The first-order valence-corrected chi connectivity index (χ1v) is 15.0. The number of carbonyl (C=O) groups excluding carboxylic acids is 2. The molecule has 1 aliphatic rings. The van der Waals surface area contributed by atoms with Crippen molar-refractivity contribution in [2.45, 2.75) is 63.5 Å². The van der Waals surface area contributed by atoms with Gasteiger partial charge in [0, 0.05) is 21.5 Å². The van der Waals surface area contributed by atoms with E-state index in [1.807, 2.05) is 61.5 Å². The molecule has 0 radical (unpaired) electrons. The maximum Gasteiger partial charge on any atom is 0.248 e. The third kappa shape index (κ3) is 7.40. The number of thioether (sulfide) groups is 1. The maximum absolute atomic E-state index is 13.3. The van der Waals surface area contributed by atoms with Gasteiger partial charge in [0.1, 0.15) is 11.1 Å². The topological polar surface area (TPSA) is 82.0 Å². The zero-order chi connectivity index (χ0) is 28.0. The van der Waals surface area contributed by atoms with Gasteiger partial charge < -0.3 is 10.6 Å². The van der Waals surface area contributed by atoms with Gasteiger partial charge in [0.05, 0.1) is 10.8 Å². The number of nitrogens with one attached hydrogen (secondary N) is 2. The predicted octanol–water partition coefficient (Wildman–Crippen LogP) is 7.93. The summed E-state index contributed by atoms with van der Waals surface area (Å²) in [7, 11) is 0. The monoisotopic (exact) mass is 557 g/mol. The zero-order valence-electron chi connectivity index (χ0n) is 22.9. The molecular weight excluding hydrogens is 523 g/mol. The molecule has 0 saturated heterocycles. The van der Waals surface area contributed by atoms with Crippen LogP contribution in [0.2, 0.25) is 0 Å². The standard InChI is InChI=1S/C32H35N3O2S2/c1-5-27(30(37)35-31-26(20-33)25-16-15-22(32(2,3)4)18-28(25)39-31)38-24-13-9-12-23(19-24)34-29(36)17-14-21-10-7-6-8-11-21/h6-14,17,19,22,27H,5,15-16,18H2,1-4H3,(H,34,36)(H,35,37)/b17-14+. The van der Waals surface area contributed by atoms with Gasteiger partial charge in [-0.25, -0.2) is 0 Å². The summed E-state index contributed by atoms with van der Waals surface area (Å²) >= 11 is 3.02. The van der Waals surface area contributed by atoms with Crippen LogP contribution in [0.5, 0.6) is 0 Å². The van der Waals surface area contributed by atoms with E-state index < -0.39 is 0 Å². The average molecular weight is 558 g/mol. The van der Waals surface area contributed by atoms with Crippen LogP contribution < -0.4 is 10.6 Å². The highest BCUT2D eigenvalue weighted by Gasteiger charge is 2.33. The van der Waals surface area contributed by atoms with Gasteiger partial charge in [0.2, 0.25) is 11.8 Å². The molecule has 2 N–H and O–H groups in total. The molecule has 7 heteroatoms. The van der Waals surface area contributed by atoms with Gasteiger partial charge in [-0.15, -0.1) is 23.1 Å².